The van der Waals surface area contributed by atoms with Crippen molar-refractivity contribution in [3.8, 4) is 0 Å². The highest BCUT2D eigenvalue weighted by Crippen LogP contribution is 2.13. The van der Waals surface area contributed by atoms with Crippen molar-refractivity contribution in [1.82, 2.24) is 0 Å². The van der Waals surface area contributed by atoms with Gasteiger partial charge in [0, 0.05) is 12.8 Å². The zero-order valence-electron chi connectivity index (χ0n) is 28.6. The van der Waals surface area contributed by atoms with E-state index in [1.54, 1.807) is 6.08 Å². The van der Waals surface area contributed by atoms with E-state index in [2.05, 4.69) is 57.2 Å². The highest BCUT2D eigenvalue weighted by Gasteiger charge is 2.11. The van der Waals surface area contributed by atoms with Crippen LogP contribution in [-0.4, -0.2) is 47.6 Å². The van der Waals surface area contributed by atoms with Crippen LogP contribution in [0.25, 0.3) is 0 Å². The van der Waals surface area contributed by atoms with Gasteiger partial charge in [-0.3, -0.25) is 9.59 Å². The van der Waals surface area contributed by atoms with E-state index >= 15 is 0 Å². The molecule has 2 atom stereocenters. The summed E-state index contributed by atoms with van der Waals surface area (Å²) in [6.07, 6.45) is 38.5. The molecule has 0 rings (SSSR count). The molecule has 0 aromatic rings. The summed E-state index contributed by atoms with van der Waals surface area (Å²) in [6, 6.07) is 0. The van der Waals surface area contributed by atoms with Gasteiger partial charge in [0.05, 0.1) is 6.10 Å². The monoisotopic (exact) mass is 628 g/mol. The summed E-state index contributed by atoms with van der Waals surface area (Å²) in [7, 11) is 0. The van der Waals surface area contributed by atoms with Gasteiger partial charge in [0.1, 0.15) is 19.3 Å². The first-order valence-corrected chi connectivity index (χ1v) is 17.5. The van der Waals surface area contributed by atoms with Crippen LogP contribution in [0, 0.1) is 5.92 Å². The second-order valence-corrected chi connectivity index (χ2v) is 11.9. The van der Waals surface area contributed by atoms with Crippen molar-refractivity contribution < 1.29 is 29.3 Å². The second kappa shape index (κ2) is 32.7. The van der Waals surface area contributed by atoms with Crippen LogP contribution in [0.4, 0.5) is 0 Å². The van der Waals surface area contributed by atoms with Crippen LogP contribution < -0.4 is 0 Å². The van der Waals surface area contributed by atoms with Gasteiger partial charge < -0.3 is 19.7 Å². The lowest BCUT2D eigenvalue weighted by molar-refractivity contribution is -0.152. The first-order valence-electron chi connectivity index (χ1n) is 17.5. The van der Waals surface area contributed by atoms with E-state index in [-0.39, 0.29) is 25.6 Å². The second-order valence-electron chi connectivity index (χ2n) is 11.9. The van der Waals surface area contributed by atoms with Crippen molar-refractivity contribution in [3.63, 3.8) is 0 Å². The number of rotatable bonds is 29. The lowest BCUT2D eigenvalue weighted by Gasteiger charge is -2.12. The molecule has 0 amide bonds. The summed E-state index contributed by atoms with van der Waals surface area (Å²) in [4.78, 5) is 23.8. The molecule has 0 fully saturated rings. The number of aliphatic hydroxyl groups is 2. The minimum atomic E-state index is -1.03. The molecule has 0 aliphatic heterocycles. The number of hydrogen-bond donors (Lipinski definition) is 2. The third-order valence-electron chi connectivity index (χ3n) is 6.98. The van der Waals surface area contributed by atoms with Crippen LogP contribution in [0.5, 0.6) is 0 Å². The van der Waals surface area contributed by atoms with Crippen molar-refractivity contribution in [2.24, 2.45) is 5.92 Å². The van der Waals surface area contributed by atoms with Gasteiger partial charge in [-0.1, -0.05) is 145 Å². The van der Waals surface area contributed by atoms with Crippen LogP contribution in [0.3, 0.4) is 0 Å². The maximum atomic E-state index is 11.9. The Bertz CT molecular complexity index is 880. The average Bonchev–Trinajstić information content (AvgIpc) is 3.01. The first kappa shape index (κ1) is 42.3. The molecule has 0 saturated carbocycles. The van der Waals surface area contributed by atoms with Crippen LogP contribution in [0.1, 0.15) is 130 Å². The smallest absolute Gasteiger partial charge is 0.306 e. The van der Waals surface area contributed by atoms with Gasteiger partial charge >= 0.3 is 11.9 Å². The zero-order valence-corrected chi connectivity index (χ0v) is 28.6. The SMILES string of the molecule is CC/C=C\C/C=C\C/C=C\C/C=C\C=C/C(O)C/C=C\CCC(=O)OC[C@@H](O)COC(=O)CCCCCCCCCCC(C)C. The molecule has 2 N–H and O–H groups in total. The Morgan fingerprint density at radius 2 is 1.16 bits per heavy atom. The number of esters is 2. The molecule has 0 spiro atoms. The largest absolute Gasteiger partial charge is 0.463 e. The minimum absolute atomic E-state index is 0.172. The number of ether oxygens (including phenoxy) is 2. The molecule has 6 heteroatoms. The maximum Gasteiger partial charge on any atom is 0.306 e. The average molecular weight is 629 g/mol. The third kappa shape index (κ3) is 34.0. The highest BCUT2D eigenvalue weighted by molar-refractivity contribution is 5.70. The van der Waals surface area contributed by atoms with E-state index in [1.165, 1.54) is 38.5 Å². The fourth-order valence-corrected chi connectivity index (χ4v) is 4.32. The lowest BCUT2D eigenvalue weighted by atomic mass is 10.0. The molecule has 0 aromatic carbocycles. The number of hydrogen-bond acceptors (Lipinski definition) is 6. The van der Waals surface area contributed by atoms with E-state index in [1.807, 2.05) is 30.4 Å². The lowest BCUT2D eigenvalue weighted by Crippen LogP contribution is -2.25. The number of carbonyl (C=O) groups is 2. The molecule has 6 nitrogen and oxygen atoms in total. The standard InChI is InChI=1S/C39H64O6/c1-4-5-6-7-8-9-10-11-12-13-17-20-24-29-36(40)30-25-22-27-32-39(43)45-34-37(41)33-44-38(42)31-26-21-18-15-14-16-19-23-28-35(2)3/h5-6,8-9,11-12,17,20,22,24-25,29,35-37,40-41H,4,7,10,13-16,18-19,21,23,26-28,30-34H2,1-3H3/b6-5-,9-8-,12-11-,20-17-,25-22-,29-24-/t36?,37-/m0/s1. The Labute approximate surface area is 275 Å². The predicted molar refractivity (Wildman–Crippen MR) is 188 cm³/mol. The van der Waals surface area contributed by atoms with Crippen LogP contribution >= 0.6 is 0 Å². The molecule has 0 bridgehead atoms. The molecule has 0 radical (unpaired) electrons. The molecule has 256 valence electrons. The normalized spacial score (nSPS) is 13.9. The number of allylic oxidation sites excluding steroid dienone is 10. The van der Waals surface area contributed by atoms with E-state index in [4.69, 9.17) is 9.47 Å². The summed E-state index contributed by atoms with van der Waals surface area (Å²) < 4.78 is 10.2. The molecule has 0 aliphatic carbocycles. The number of unbranched alkanes of at least 4 members (excludes halogenated alkanes) is 7. The van der Waals surface area contributed by atoms with Crippen molar-refractivity contribution in [1.29, 1.82) is 0 Å². The van der Waals surface area contributed by atoms with Gasteiger partial charge in [0.2, 0.25) is 0 Å². The minimum Gasteiger partial charge on any atom is -0.463 e. The van der Waals surface area contributed by atoms with Crippen molar-refractivity contribution >= 4 is 11.9 Å². The summed E-state index contributed by atoms with van der Waals surface area (Å²) in [5, 5.41) is 20.0. The third-order valence-corrected chi connectivity index (χ3v) is 6.98. The zero-order chi connectivity index (χ0) is 33.2. The fraction of sp³-hybridized carbons (Fsp3) is 0.641. The van der Waals surface area contributed by atoms with Crippen molar-refractivity contribution in [2.45, 2.75) is 142 Å². The van der Waals surface area contributed by atoms with Crippen molar-refractivity contribution in [3.05, 3.63) is 72.9 Å². The van der Waals surface area contributed by atoms with Gasteiger partial charge in [-0.05, 0) is 50.9 Å². The first-order chi connectivity index (χ1) is 21.8. The van der Waals surface area contributed by atoms with Crippen LogP contribution in [-0.2, 0) is 19.1 Å². The van der Waals surface area contributed by atoms with E-state index in [0.29, 0.717) is 19.3 Å². The summed E-state index contributed by atoms with van der Waals surface area (Å²) >= 11 is 0. The molecule has 1 unspecified atom stereocenters. The highest BCUT2D eigenvalue weighted by atomic mass is 16.6. The Kier molecular flexibility index (Phi) is 30.7. The van der Waals surface area contributed by atoms with Crippen LogP contribution in [0.2, 0.25) is 0 Å². The van der Waals surface area contributed by atoms with Crippen molar-refractivity contribution in [2.75, 3.05) is 13.2 Å². The number of carbonyl (C=O) groups excluding carboxylic acids is 2. The van der Waals surface area contributed by atoms with E-state index < -0.39 is 18.2 Å². The molecular formula is C39H64O6. The quantitative estimate of drug-likeness (QED) is 0.0371. The Morgan fingerprint density at radius 1 is 0.622 bits per heavy atom. The Hall–Kier alpha value is -2.70. The summed E-state index contributed by atoms with van der Waals surface area (Å²) in [5.41, 5.74) is 0. The summed E-state index contributed by atoms with van der Waals surface area (Å²) in [5.74, 6) is 0.0438. The number of aliphatic hydroxyl groups excluding tert-OH is 2. The molecule has 0 aliphatic rings. The van der Waals surface area contributed by atoms with Gasteiger partial charge in [-0.15, -0.1) is 0 Å². The molecule has 45 heavy (non-hydrogen) atoms. The predicted octanol–water partition coefficient (Wildman–Crippen LogP) is 9.44. The molecule has 0 saturated heterocycles. The van der Waals surface area contributed by atoms with Gasteiger partial charge in [-0.2, -0.15) is 0 Å². The van der Waals surface area contributed by atoms with Crippen LogP contribution in [0.15, 0.2) is 72.9 Å². The molecule has 0 heterocycles. The van der Waals surface area contributed by atoms with Gasteiger partial charge in [0.15, 0.2) is 0 Å². The summed E-state index contributed by atoms with van der Waals surface area (Å²) in [6.45, 7) is 6.30. The Balaban J connectivity index is 3.74. The van der Waals surface area contributed by atoms with Gasteiger partial charge in [0.25, 0.3) is 0 Å². The Morgan fingerprint density at radius 3 is 1.76 bits per heavy atom. The fourth-order valence-electron chi connectivity index (χ4n) is 4.32. The van der Waals surface area contributed by atoms with E-state index in [9.17, 15) is 19.8 Å². The van der Waals surface area contributed by atoms with E-state index in [0.717, 1.165) is 50.9 Å². The maximum absolute atomic E-state index is 11.9. The topological polar surface area (TPSA) is 93.1 Å². The molecule has 0 aromatic heterocycles. The molecular weight excluding hydrogens is 564 g/mol. The van der Waals surface area contributed by atoms with Gasteiger partial charge in [-0.25, -0.2) is 0 Å².